The minimum Gasteiger partial charge on any atom is -0.481 e. The highest BCUT2D eigenvalue weighted by molar-refractivity contribution is 5.97. The Morgan fingerprint density at radius 2 is 1.50 bits per heavy atom. The maximum Gasteiger partial charge on any atom is 0.335 e. The van der Waals surface area contributed by atoms with Crippen LogP contribution in [0.4, 0.5) is 0 Å². The number of carboxylic acids is 3. The van der Waals surface area contributed by atoms with Crippen LogP contribution in [0.1, 0.15) is 12.5 Å². The van der Waals surface area contributed by atoms with Gasteiger partial charge in [-0.1, -0.05) is 36.4 Å². The predicted molar refractivity (Wildman–Crippen MR) is 72.1 cm³/mol. The standard InChI is InChI=1S/C12H10O4.C2H4O2/c13-11(14)8-10(12(15)16)7-6-9-4-2-1-3-5-9;1-2(3)4/h1-8H,(H,13,14)(H,15,16);1H3,(H,3,4)/b7-6+,10-8-;. The van der Waals surface area contributed by atoms with E-state index in [1.165, 1.54) is 6.08 Å². The second-order valence-corrected chi connectivity index (χ2v) is 3.51. The normalized spacial score (nSPS) is 10.6. The van der Waals surface area contributed by atoms with E-state index < -0.39 is 17.9 Å². The molecule has 0 aromatic heterocycles. The quantitative estimate of drug-likeness (QED) is 0.572. The Hall–Kier alpha value is -2.89. The second-order valence-electron chi connectivity index (χ2n) is 3.51. The lowest BCUT2D eigenvalue weighted by atomic mass is 10.1. The van der Waals surface area contributed by atoms with Gasteiger partial charge in [-0.3, -0.25) is 4.79 Å². The molecule has 0 saturated heterocycles. The van der Waals surface area contributed by atoms with Crippen LogP contribution >= 0.6 is 0 Å². The molecule has 0 unspecified atom stereocenters. The van der Waals surface area contributed by atoms with Gasteiger partial charge in [0.15, 0.2) is 0 Å². The van der Waals surface area contributed by atoms with E-state index >= 15 is 0 Å². The number of hydrogen-bond acceptors (Lipinski definition) is 3. The molecule has 3 N–H and O–H groups in total. The van der Waals surface area contributed by atoms with Crippen molar-refractivity contribution in [2.75, 3.05) is 0 Å². The van der Waals surface area contributed by atoms with E-state index in [0.717, 1.165) is 12.5 Å². The first-order valence-corrected chi connectivity index (χ1v) is 5.43. The average Bonchev–Trinajstić information content (AvgIpc) is 2.34. The topological polar surface area (TPSA) is 112 Å². The molecule has 0 fully saturated rings. The fraction of sp³-hybridized carbons (Fsp3) is 0.0714. The van der Waals surface area contributed by atoms with Crippen molar-refractivity contribution in [3.8, 4) is 0 Å². The van der Waals surface area contributed by atoms with Gasteiger partial charge in [-0.15, -0.1) is 0 Å². The van der Waals surface area contributed by atoms with Gasteiger partial charge in [0.05, 0.1) is 5.57 Å². The van der Waals surface area contributed by atoms with Crippen molar-refractivity contribution in [3.05, 3.63) is 53.6 Å². The number of carboxylic acid groups (broad SMARTS) is 3. The summed E-state index contributed by atoms with van der Waals surface area (Å²) in [5, 5.41) is 24.6. The molecule has 0 heterocycles. The maximum atomic E-state index is 10.7. The molecule has 0 spiro atoms. The SMILES string of the molecule is CC(=O)O.O=C(O)/C=C(/C=C/c1ccccc1)C(=O)O. The lowest BCUT2D eigenvalue weighted by Crippen LogP contribution is -2.01. The monoisotopic (exact) mass is 278 g/mol. The molecule has 0 amide bonds. The van der Waals surface area contributed by atoms with Gasteiger partial charge in [-0.25, -0.2) is 9.59 Å². The van der Waals surface area contributed by atoms with E-state index in [0.29, 0.717) is 6.08 Å². The third-order valence-corrected chi connectivity index (χ3v) is 1.78. The summed E-state index contributed by atoms with van der Waals surface area (Å²) in [6.07, 6.45) is 3.45. The van der Waals surface area contributed by atoms with Crippen LogP contribution < -0.4 is 0 Å². The number of rotatable bonds is 4. The lowest BCUT2D eigenvalue weighted by molar-refractivity contribution is -0.134. The largest absolute Gasteiger partial charge is 0.481 e. The highest BCUT2D eigenvalue weighted by atomic mass is 16.4. The van der Waals surface area contributed by atoms with Gasteiger partial charge in [-0.05, 0) is 11.6 Å². The second kappa shape index (κ2) is 9.09. The van der Waals surface area contributed by atoms with Crippen LogP contribution in [0.2, 0.25) is 0 Å². The van der Waals surface area contributed by atoms with Gasteiger partial charge in [-0.2, -0.15) is 0 Å². The van der Waals surface area contributed by atoms with Crippen LogP contribution in [0.5, 0.6) is 0 Å². The third kappa shape index (κ3) is 9.17. The fourth-order valence-corrected chi connectivity index (χ4v) is 1.06. The van der Waals surface area contributed by atoms with Crippen molar-refractivity contribution >= 4 is 24.0 Å². The molecule has 0 aliphatic heterocycles. The Morgan fingerprint density at radius 3 is 1.90 bits per heavy atom. The van der Waals surface area contributed by atoms with Crippen LogP contribution in [-0.4, -0.2) is 33.2 Å². The number of carbonyl (C=O) groups is 3. The molecule has 1 aromatic rings. The fourth-order valence-electron chi connectivity index (χ4n) is 1.06. The summed E-state index contributed by atoms with van der Waals surface area (Å²) in [6.45, 7) is 1.08. The summed E-state index contributed by atoms with van der Waals surface area (Å²) >= 11 is 0. The minimum atomic E-state index is -1.28. The smallest absolute Gasteiger partial charge is 0.335 e. The molecule has 0 aliphatic rings. The Bertz CT molecular complexity index is 524. The molecule has 6 nitrogen and oxygen atoms in total. The average molecular weight is 278 g/mol. The first kappa shape index (κ1) is 17.1. The summed E-state index contributed by atoms with van der Waals surface area (Å²) in [6, 6.07) is 9.03. The maximum absolute atomic E-state index is 10.7. The molecule has 1 rings (SSSR count). The Labute approximate surface area is 115 Å². The van der Waals surface area contributed by atoms with E-state index in [4.69, 9.17) is 20.1 Å². The first-order chi connectivity index (χ1) is 9.32. The van der Waals surface area contributed by atoms with Crippen LogP contribution in [0.25, 0.3) is 6.08 Å². The van der Waals surface area contributed by atoms with E-state index in [2.05, 4.69) is 0 Å². The summed E-state index contributed by atoms with van der Waals surface area (Å²) in [7, 11) is 0. The Kier molecular flexibility index (Phi) is 7.78. The zero-order valence-electron chi connectivity index (χ0n) is 10.7. The van der Waals surface area contributed by atoms with E-state index in [-0.39, 0.29) is 5.57 Å². The van der Waals surface area contributed by atoms with Gasteiger partial charge < -0.3 is 15.3 Å². The minimum absolute atomic E-state index is 0.267. The molecular formula is C14H14O6. The molecule has 0 bridgehead atoms. The van der Waals surface area contributed by atoms with Gasteiger partial charge in [0, 0.05) is 13.0 Å². The van der Waals surface area contributed by atoms with Gasteiger partial charge >= 0.3 is 11.9 Å². The lowest BCUT2D eigenvalue weighted by Gasteiger charge is -1.94. The predicted octanol–water partition coefficient (Wildman–Crippen LogP) is 1.89. The van der Waals surface area contributed by atoms with Crippen molar-refractivity contribution in [3.63, 3.8) is 0 Å². The zero-order valence-corrected chi connectivity index (χ0v) is 10.7. The molecule has 0 atom stereocenters. The van der Waals surface area contributed by atoms with Crippen molar-refractivity contribution in [1.82, 2.24) is 0 Å². The zero-order chi connectivity index (χ0) is 15.5. The van der Waals surface area contributed by atoms with Crippen LogP contribution in [0, 0.1) is 0 Å². The van der Waals surface area contributed by atoms with Gasteiger partial charge in [0.25, 0.3) is 5.97 Å². The molecule has 0 saturated carbocycles. The third-order valence-electron chi connectivity index (χ3n) is 1.78. The summed E-state index contributed by atoms with van der Waals surface area (Å²) in [4.78, 5) is 30.0. The molecule has 106 valence electrons. The van der Waals surface area contributed by atoms with Crippen molar-refractivity contribution in [2.45, 2.75) is 6.92 Å². The van der Waals surface area contributed by atoms with Crippen LogP contribution in [-0.2, 0) is 14.4 Å². The van der Waals surface area contributed by atoms with Crippen molar-refractivity contribution < 1.29 is 29.7 Å². The van der Waals surface area contributed by atoms with Crippen LogP contribution in [0.15, 0.2) is 48.1 Å². The van der Waals surface area contributed by atoms with E-state index in [1.54, 1.807) is 30.3 Å². The molecule has 6 heteroatoms. The summed E-state index contributed by atoms with van der Waals surface area (Å²) in [5.41, 5.74) is 0.538. The molecular weight excluding hydrogens is 264 g/mol. The number of aliphatic carboxylic acids is 3. The highest BCUT2D eigenvalue weighted by Crippen LogP contribution is 2.05. The Morgan fingerprint density at radius 1 is 1.00 bits per heavy atom. The van der Waals surface area contributed by atoms with Crippen molar-refractivity contribution in [2.24, 2.45) is 0 Å². The number of benzene rings is 1. The van der Waals surface area contributed by atoms with E-state index in [9.17, 15) is 9.59 Å². The molecule has 20 heavy (non-hydrogen) atoms. The molecule has 0 radical (unpaired) electrons. The number of hydrogen-bond donors (Lipinski definition) is 3. The van der Waals surface area contributed by atoms with Crippen molar-refractivity contribution in [1.29, 1.82) is 0 Å². The van der Waals surface area contributed by atoms with Gasteiger partial charge in [0.1, 0.15) is 0 Å². The molecule has 0 aliphatic carbocycles. The van der Waals surface area contributed by atoms with E-state index in [1.807, 2.05) is 6.07 Å². The van der Waals surface area contributed by atoms with Crippen LogP contribution in [0.3, 0.4) is 0 Å². The summed E-state index contributed by atoms with van der Waals surface area (Å²) in [5.74, 6) is -3.38. The Balaban J connectivity index is 0.000000796. The van der Waals surface area contributed by atoms with Gasteiger partial charge in [0.2, 0.25) is 0 Å². The summed E-state index contributed by atoms with van der Waals surface area (Å²) < 4.78 is 0. The highest BCUT2D eigenvalue weighted by Gasteiger charge is 2.04. The molecule has 1 aromatic carbocycles. The first-order valence-electron chi connectivity index (χ1n) is 5.43.